The van der Waals surface area contributed by atoms with Crippen molar-refractivity contribution in [2.45, 2.75) is 26.3 Å². The average Bonchev–Trinajstić information content (AvgIpc) is 3.64. The van der Waals surface area contributed by atoms with Crippen molar-refractivity contribution in [2.24, 2.45) is 0 Å². The van der Waals surface area contributed by atoms with Crippen molar-refractivity contribution in [3.8, 4) is 50.8 Å². The molecule has 0 N–H and O–H groups in total. The van der Waals surface area contributed by atoms with E-state index >= 15 is 0 Å². The van der Waals surface area contributed by atoms with Crippen molar-refractivity contribution in [1.29, 1.82) is 0 Å². The van der Waals surface area contributed by atoms with Crippen LogP contribution < -0.4 is 33.2 Å². The Morgan fingerprint density at radius 3 is 1.89 bits per heavy atom. The number of rotatable bonds is 15. The first-order valence-corrected chi connectivity index (χ1v) is 18.1. The molecule has 1 aliphatic rings. The quantitative estimate of drug-likeness (QED) is 0.0781. The summed E-state index contributed by atoms with van der Waals surface area (Å²) in [7, 11) is 7.82. The molecule has 0 spiro atoms. The highest BCUT2D eigenvalue weighted by Crippen LogP contribution is 2.39. The van der Waals surface area contributed by atoms with Crippen LogP contribution in [0.4, 0.5) is 0 Å². The molecule has 2 heterocycles. The Morgan fingerprint density at radius 1 is 0.679 bits per heavy atom. The van der Waals surface area contributed by atoms with Crippen LogP contribution in [0.15, 0.2) is 78.9 Å². The molecular formula is C41H45N3O8S. The van der Waals surface area contributed by atoms with Crippen LogP contribution in [0.5, 0.6) is 40.2 Å². The summed E-state index contributed by atoms with van der Waals surface area (Å²) in [6.45, 7) is 7.26. The number of carbonyl (C=O) groups excluding carboxylic acids is 1. The van der Waals surface area contributed by atoms with Gasteiger partial charge < -0.3 is 33.2 Å². The van der Waals surface area contributed by atoms with E-state index in [2.05, 4.69) is 22.8 Å². The van der Waals surface area contributed by atoms with Gasteiger partial charge in [0.1, 0.15) is 17.5 Å². The number of methoxy groups -OCH3 is 5. The Labute approximate surface area is 314 Å². The number of ketones is 1. The molecule has 1 aliphatic heterocycles. The Kier molecular flexibility index (Phi) is 12.0. The molecule has 11 nitrogen and oxygen atoms in total. The number of ether oxygens (including phenoxy) is 7. The Balaban J connectivity index is 1.05. The van der Waals surface area contributed by atoms with E-state index in [1.165, 1.54) is 27.4 Å². The van der Waals surface area contributed by atoms with Gasteiger partial charge >= 0.3 is 0 Å². The van der Waals surface area contributed by atoms with E-state index in [1.807, 2.05) is 61.5 Å². The maximum absolute atomic E-state index is 13.1. The van der Waals surface area contributed by atoms with Gasteiger partial charge in [-0.2, -0.15) is 0 Å². The first-order chi connectivity index (χ1) is 25.7. The third kappa shape index (κ3) is 8.51. The second kappa shape index (κ2) is 17.0. The second-order valence-corrected chi connectivity index (χ2v) is 13.4. The minimum Gasteiger partial charge on any atom is -0.493 e. The molecule has 2 unspecified atom stereocenters. The summed E-state index contributed by atoms with van der Waals surface area (Å²) in [5.41, 5.74) is 3.18. The summed E-state index contributed by atoms with van der Waals surface area (Å²) in [5, 5.41) is 0.944. The molecule has 0 bridgehead atoms. The number of fused-ring (bicyclic) bond motifs is 1. The third-order valence-corrected chi connectivity index (χ3v) is 10.3. The molecule has 1 fully saturated rings. The first kappa shape index (κ1) is 37.5. The molecule has 53 heavy (non-hydrogen) atoms. The number of hydrogen-bond donors (Lipinski definition) is 0. The number of benzene rings is 4. The van der Waals surface area contributed by atoms with Crippen LogP contribution in [-0.2, 0) is 0 Å². The van der Waals surface area contributed by atoms with E-state index in [0.717, 1.165) is 52.5 Å². The molecule has 6 rings (SSSR count). The first-order valence-electron chi connectivity index (χ1n) is 17.3. The average molecular weight is 740 g/mol. The molecule has 0 radical (unpaired) electrons. The summed E-state index contributed by atoms with van der Waals surface area (Å²) in [6.07, 6.45) is 2.86. The zero-order chi connectivity index (χ0) is 37.5. The lowest BCUT2D eigenvalue weighted by Gasteiger charge is -2.40. The highest BCUT2D eigenvalue weighted by Gasteiger charge is 2.27. The Hall–Kier alpha value is -5.30. The van der Waals surface area contributed by atoms with Gasteiger partial charge in [0.2, 0.25) is 5.75 Å². The molecule has 12 heteroatoms. The maximum atomic E-state index is 13.1. The summed E-state index contributed by atoms with van der Waals surface area (Å²) in [6, 6.07) is 23.0. The highest BCUT2D eigenvalue weighted by atomic mass is 32.1. The molecular weight excluding hydrogens is 695 g/mol. The van der Waals surface area contributed by atoms with Crippen molar-refractivity contribution >= 4 is 33.4 Å². The van der Waals surface area contributed by atoms with Crippen LogP contribution in [-0.4, -0.2) is 94.8 Å². The summed E-state index contributed by atoms with van der Waals surface area (Å²) < 4.78 is 41.6. The van der Waals surface area contributed by atoms with Gasteiger partial charge in [0.05, 0.1) is 45.8 Å². The van der Waals surface area contributed by atoms with E-state index in [4.69, 9.17) is 38.1 Å². The van der Waals surface area contributed by atoms with E-state index < -0.39 is 0 Å². The zero-order valence-corrected chi connectivity index (χ0v) is 31.9. The Bertz CT molecular complexity index is 2020. The number of hydrogen-bond acceptors (Lipinski definition) is 12. The summed E-state index contributed by atoms with van der Waals surface area (Å²) in [5.74, 6) is 3.58. The van der Waals surface area contributed by atoms with Crippen LogP contribution in [0.1, 0.15) is 29.8 Å². The molecule has 0 aliphatic carbocycles. The van der Waals surface area contributed by atoms with Gasteiger partial charge in [-0.3, -0.25) is 14.6 Å². The van der Waals surface area contributed by atoms with E-state index in [9.17, 15) is 4.79 Å². The monoisotopic (exact) mass is 739 g/mol. The van der Waals surface area contributed by atoms with Crippen LogP contribution in [0, 0.1) is 0 Å². The molecule has 0 amide bonds. The molecule has 1 saturated heterocycles. The van der Waals surface area contributed by atoms with Gasteiger partial charge in [-0.1, -0.05) is 24.3 Å². The smallest absolute Gasteiger partial charge is 0.203 e. The predicted octanol–water partition coefficient (Wildman–Crippen LogP) is 7.67. The lowest BCUT2D eigenvalue weighted by Crippen LogP contribution is -2.54. The lowest BCUT2D eigenvalue weighted by molar-refractivity contribution is -0.0404. The fraction of sp³-hybridized carbons (Fsp3) is 0.317. The van der Waals surface area contributed by atoms with Crippen LogP contribution >= 0.6 is 11.3 Å². The van der Waals surface area contributed by atoms with Crippen molar-refractivity contribution in [3.63, 3.8) is 0 Å². The van der Waals surface area contributed by atoms with E-state index in [1.54, 1.807) is 43.8 Å². The molecule has 0 saturated carbocycles. The number of para-hydroxylation sites is 1. The number of carbonyl (C=O) groups is 1. The second-order valence-electron chi connectivity index (χ2n) is 12.4. The standard InChI is InChI=1S/C41H45N3O8S/c1-26(51-34-17-14-29(23-35(34)47-4)41-42-31-10-8-9-11-39(31)53-41)43-18-20-44(21-19-43)27(2)52-36-22-28(13-16-33(36)46-3)12-15-32(45)30-24-37(48-5)40(50-7)38(25-30)49-6/h8-17,22-27H,18-21H2,1-7H3. The highest BCUT2D eigenvalue weighted by molar-refractivity contribution is 7.21. The number of allylic oxidation sites excluding steroid dienone is 1. The number of piperazine rings is 1. The summed E-state index contributed by atoms with van der Waals surface area (Å²) in [4.78, 5) is 22.5. The van der Waals surface area contributed by atoms with Gasteiger partial charge in [-0.15, -0.1) is 11.3 Å². The third-order valence-electron chi connectivity index (χ3n) is 9.24. The Morgan fingerprint density at radius 2 is 1.28 bits per heavy atom. The van der Waals surface area contributed by atoms with Gasteiger partial charge in [0, 0.05) is 37.3 Å². The SMILES string of the molecule is COc1cc(-c2nc3ccccc3s2)ccc1OC(C)N1CCN(C(C)Oc2cc(C=CC(=O)c3cc(OC)c(OC)c(OC)c3)ccc2OC)CC1. The number of aromatic nitrogens is 1. The van der Waals surface area contributed by atoms with Crippen LogP contribution in [0.25, 0.3) is 26.9 Å². The number of thiazole rings is 1. The van der Waals surface area contributed by atoms with Crippen molar-refractivity contribution in [1.82, 2.24) is 14.8 Å². The molecule has 278 valence electrons. The topological polar surface area (TPSA) is 101 Å². The van der Waals surface area contributed by atoms with E-state index in [-0.39, 0.29) is 18.2 Å². The minimum absolute atomic E-state index is 0.165. The predicted molar refractivity (Wildman–Crippen MR) is 207 cm³/mol. The molecule has 4 aromatic carbocycles. The number of nitrogens with zero attached hydrogens (tertiary/aromatic N) is 3. The van der Waals surface area contributed by atoms with Gasteiger partial charge in [-0.25, -0.2) is 4.98 Å². The lowest BCUT2D eigenvalue weighted by atomic mass is 10.1. The van der Waals surface area contributed by atoms with Crippen molar-refractivity contribution in [3.05, 3.63) is 90.0 Å². The van der Waals surface area contributed by atoms with Crippen LogP contribution in [0.2, 0.25) is 0 Å². The fourth-order valence-electron chi connectivity index (χ4n) is 6.26. The zero-order valence-electron chi connectivity index (χ0n) is 31.1. The van der Waals surface area contributed by atoms with Crippen molar-refractivity contribution < 1.29 is 38.0 Å². The maximum Gasteiger partial charge on any atom is 0.203 e. The minimum atomic E-state index is -0.225. The molecule has 5 aromatic rings. The summed E-state index contributed by atoms with van der Waals surface area (Å²) >= 11 is 1.66. The fourth-order valence-corrected chi connectivity index (χ4v) is 7.22. The largest absolute Gasteiger partial charge is 0.493 e. The molecule has 2 atom stereocenters. The van der Waals surface area contributed by atoms with Gasteiger partial charge in [0.15, 0.2) is 40.3 Å². The normalized spacial score (nSPS) is 14.8. The molecule has 1 aromatic heterocycles. The van der Waals surface area contributed by atoms with Gasteiger partial charge in [-0.05, 0) is 80.1 Å². The van der Waals surface area contributed by atoms with Crippen molar-refractivity contribution in [2.75, 3.05) is 61.7 Å². The van der Waals surface area contributed by atoms with E-state index in [0.29, 0.717) is 45.8 Å². The van der Waals surface area contributed by atoms with Gasteiger partial charge in [0.25, 0.3) is 0 Å². The van der Waals surface area contributed by atoms with Crippen LogP contribution in [0.3, 0.4) is 0 Å².